The summed E-state index contributed by atoms with van der Waals surface area (Å²) in [5.41, 5.74) is 0.787. The van der Waals surface area contributed by atoms with Gasteiger partial charge in [0.05, 0.1) is 35.7 Å². The molecule has 176 valence electrons. The number of hydrogen-bond acceptors (Lipinski definition) is 5. The summed E-state index contributed by atoms with van der Waals surface area (Å²) in [6.07, 6.45) is 0.790. The Labute approximate surface area is 201 Å². The van der Waals surface area contributed by atoms with E-state index in [1.54, 1.807) is 42.3 Å². The molecule has 0 fully saturated rings. The number of nitrogens with zero attached hydrogens (tertiary/aromatic N) is 3. The number of fused-ring (bicyclic) bond motifs is 1. The van der Waals surface area contributed by atoms with Gasteiger partial charge in [-0.25, -0.2) is 9.37 Å². The van der Waals surface area contributed by atoms with Gasteiger partial charge in [0.25, 0.3) is 5.56 Å². The lowest BCUT2D eigenvalue weighted by Gasteiger charge is -2.32. The van der Waals surface area contributed by atoms with Crippen LogP contribution in [0, 0.1) is 5.82 Å². The summed E-state index contributed by atoms with van der Waals surface area (Å²) in [5.74, 6) is -0.0279. The van der Waals surface area contributed by atoms with Crippen LogP contribution < -0.4 is 5.56 Å². The highest BCUT2D eigenvalue weighted by molar-refractivity contribution is 7.10. The van der Waals surface area contributed by atoms with Crippen molar-refractivity contribution in [3.8, 4) is 5.69 Å². The molecular formula is C26H26FN3O3S. The van der Waals surface area contributed by atoms with Crippen LogP contribution in [0.15, 0.2) is 70.8 Å². The van der Waals surface area contributed by atoms with Crippen molar-refractivity contribution in [3.63, 3.8) is 0 Å². The van der Waals surface area contributed by atoms with Gasteiger partial charge in [-0.2, -0.15) is 0 Å². The van der Waals surface area contributed by atoms with E-state index in [-0.39, 0.29) is 17.9 Å². The molecule has 0 radical (unpaired) electrons. The average Bonchev–Trinajstić information content (AvgIpc) is 3.35. The molecule has 2 heterocycles. The standard InChI is InChI=1S/C26H26FN3O3S/c1-3-23(29(14-15-33-2)24(31)17-20-7-6-16-34-20)25-28-22-9-5-4-8-21(22)26(32)30(25)19-12-10-18(27)11-13-19/h4-13,16,23H,3,14-15,17H2,1-2H3. The molecule has 2 aromatic carbocycles. The Morgan fingerprint density at radius 1 is 1.15 bits per heavy atom. The first-order chi connectivity index (χ1) is 16.5. The van der Waals surface area contributed by atoms with E-state index >= 15 is 0 Å². The van der Waals surface area contributed by atoms with Gasteiger partial charge in [0.15, 0.2) is 0 Å². The highest BCUT2D eigenvalue weighted by Gasteiger charge is 2.29. The van der Waals surface area contributed by atoms with Gasteiger partial charge >= 0.3 is 0 Å². The number of carbonyl (C=O) groups is 1. The molecule has 0 aliphatic rings. The predicted molar refractivity (Wildman–Crippen MR) is 132 cm³/mol. The third-order valence-electron chi connectivity index (χ3n) is 5.71. The molecule has 0 saturated carbocycles. The minimum absolute atomic E-state index is 0.0700. The lowest BCUT2D eigenvalue weighted by molar-refractivity contribution is -0.134. The molecule has 0 aliphatic carbocycles. The predicted octanol–water partition coefficient (Wildman–Crippen LogP) is 4.76. The van der Waals surface area contributed by atoms with Crippen LogP contribution in [0.4, 0.5) is 4.39 Å². The maximum Gasteiger partial charge on any atom is 0.266 e. The van der Waals surface area contributed by atoms with Crippen LogP contribution in [-0.4, -0.2) is 40.6 Å². The van der Waals surface area contributed by atoms with Gasteiger partial charge in [-0.1, -0.05) is 25.1 Å². The van der Waals surface area contributed by atoms with Crippen molar-refractivity contribution in [1.29, 1.82) is 0 Å². The summed E-state index contributed by atoms with van der Waals surface area (Å²) in [6.45, 7) is 2.66. The van der Waals surface area contributed by atoms with Gasteiger partial charge in [-0.3, -0.25) is 14.2 Å². The maximum atomic E-state index is 13.7. The second-order valence-electron chi connectivity index (χ2n) is 7.86. The maximum absolute atomic E-state index is 13.7. The van der Waals surface area contributed by atoms with E-state index < -0.39 is 11.9 Å². The molecular weight excluding hydrogens is 453 g/mol. The lowest BCUT2D eigenvalue weighted by atomic mass is 10.1. The van der Waals surface area contributed by atoms with Crippen molar-refractivity contribution in [2.45, 2.75) is 25.8 Å². The summed E-state index contributed by atoms with van der Waals surface area (Å²) < 4.78 is 20.4. The third kappa shape index (κ3) is 4.93. The summed E-state index contributed by atoms with van der Waals surface area (Å²) in [6, 6.07) is 16.2. The van der Waals surface area contributed by atoms with Gasteiger partial charge in [0.2, 0.25) is 5.91 Å². The molecule has 1 unspecified atom stereocenters. The van der Waals surface area contributed by atoms with E-state index in [1.165, 1.54) is 28.0 Å². The summed E-state index contributed by atoms with van der Waals surface area (Å²) in [7, 11) is 1.59. The molecule has 34 heavy (non-hydrogen) atoms. The molecule has 4 rings (SSSR count). The molecule has 4 aromatic rings. The van der Waals surface area contributed by atoms with E-state index in [2.05, 4.69) is 0 Å². The number of amides is 1. The third-order valence-corrected chi connectivity index (χ3v) is 6.59. The number of ether oxygens (including phenoxy) is 1. The number of halogens is 1. The van der Waals surface area contributed by atoms with Crippen LogP contribution in [0.2, 0.25) is 0 Å². The van der Waals surface area contributed by atoms with E-state index in [0.717, 1.165) is 4.88 Å². The Morgan fingerprint density at radius 3 is 2.59 bits per heavy atom. The number of carbonyl (C=O) groups excluding carboxylic acids is 1. The van der Waals surface area contributed by atoms with Crippen molar-refractivity contribution < 1.29 is 13.9 Å². The molecule has 0 saturated heterocycles. The minimum atomic E-state index is -0.482. The Balaban J connectivity index is 1.88. The number of benzene rings is 2. The van der Waals surface area contributed by atoms with Crippen molar-refractivity contribution in [1.82, 2.24) is 14.5 Å². The van der Waals surface area contributed by atoms with Gasteiger partial charge in [-0.15, -0.1) is 11.3 Å². The molecule has 2 aromatic heterocycles. The van der Waals surface area contributed by atoms with Crippen LogP contribution in [0.3, 0.4) is 0 Å². The zero-order valence-electron chi connectivity index (χ0n) is 19.1. The lowest BCUT2D eigenvalue weighted by Crippen LogP contribution is -2.41. The fourth-order valence-corrected chi connectivity index (χ4v) is 4.76. The van der Waals surface area contributed by atoms with Crippen molar-refractivity contribution >= 4 is 28.1 Å². The Kier molecular flexibility index (Phi) is 7.49. The van der Waals surface area contributed by atoms with Crippen LogP contribution in [0.5, 0.6) is 0 Å². The average molecular weight is 480 g/mol. The zero-order chi connectivity index (χ0) is 24.1. The number of hydrogen-bond donors (Lipinski definition) is 0. The van der Waals surface area contributed by atoms with Crippen molar-refractivity contribution in [2.75, 3.05) is 20.3 Å². The normalized spacial score (nSPS) is 12.1. The number of aromatic nitrogens is 2. The first kappa shape index (κ1) is 23.8. The van der Waals surface area contributed by atoms with E-state index in [9.17, 15) is 14.0 Å². The smallest absolute Gasteiger partial charge is 0.266 e. The fraction of sp³-hybridized carbons (Fsp3) is 0.269. The van der Waals surface area contributed by atoms with Gasteiger partial charge in [0.1, 0.15) is 11.6 Å². The van der Waals surface area contributed by atoms with Crippen LogP contribution in [0.25, 0.3) is 16.6 Å². The molecule has 1 atom stereocenters. The van der Waals surface area contributed by atoms with Crippen molar-refractivity contribution in [2.24, 2.45) is 0 Å². The summed E-state index contributed by atoms with van der Waals surface area (Å²) in [4.78, 5) is 34.6. The minimum Gasteiger partial charge on any atom is -0.383 e. The molecule has 1 amide bonds. The van der Waals surface area contributed by atoms with Crippen LogP contribution in [-0.2, 0) is 16.0 Å². The topological polar surface area (TPSA) is 64.4 Å². The number of rotatable bonds is 9. The molecule has 8 heteroatoms. The Bertz CT molecular complexity index is 1320. The number of methoxy groups -OCH3 is 1. The number of thiophene rings is 1. The van der Waals surface area contributed by atoms with E-state index in [4.69, 9.17) is 9.72 Å². The number of para-hydroxylation sites is 1. The van der Waals surface area contributed by atoms with Crippen LogP contribution in [0.1, 0.15) is 30.1 Å². The van der Waals surface area contributed by atoms with Gasteiger partial charge in [-0.05, 0) is 54.3 Å². The quantitative estimate of drug-likeness (QED) is 0.347. The Hall–Kier alpha value is -3.36. The van der Waals surface area contributed by atoms with E-state index in [0.29, 0.717) is 42.0 Å². The highest BCUT2D eigenvalue weighted by atomic mass is 32.1. The van der Waals surface area contributed by atoms with E-state index in [1.807, 2.05) is 30.5 Å². The van der Waals surface area contributed by atoms with Gasteiger partial charge in [0, 0.05) is 18.5 Å². The largest absolute Gasteiger partial charge is 0.383 e. The fourth-order valence-electron chi connectivity index (χ4n) is 4.06. The van der Waals surface area contributed by atoms with Gasteiger partial charge < -0.3 is 9.64 Å². The molecule has 0 bridgehead atoms. The first-order valence-corrected chi connectivity index (χ1v) is 12.0. The highest BCUT2D eigenvalue weighted by Crippen LogP contribution is 2.27. The SMILES string of the molecule is CCC(c1nc2ccccc2c(=O)n1-c1ccc(F)cc1)N(CCOC)C(=O)Cc1cccs1. The summed E-state index contributed by atoms with van der Waals surface area (Å²) in [5, 5.41) is 2.40. The molecule has 6 nitrogen and oxygen atoms in total. The Morgan fingerprint density at radius 2 is 1.91 bits per heavy atom. The molecule has 0 N–H and O–H groups in total. The first-order valence-electron chi connectivity index (χ1n) is 11.1. The monoisotopic (exact) mass is 479 g/mol. The zero-order valence-corrected chi connectivity index (χ0v) is 19.9. The second kappa shape index (κ2) is 10.7. The molecule has 0 spiro atoms. The van der Waals surface area contributed by atoms with Crippen LogP contribution >= 0.6 is 11.3 Å². The molecule has 0 aliphatic heterocycles. The van der Waals surface area contributed by atoms with Crippen molar-refractivity contribution in [3.05, 3.63) is 92.9 Å². The second-order valence-corrected chi connectivity index (χ2v) is 8.90. The summed E-state index contributed by atoms with van der Waals surface area (Å²) >= 11 is 1.53.